The molecule has 0 aliphatic heterocycles. The van der Waals surface area contributed by atoms with Gasteiger partial charge in [0.2, 0.25) is 0 Å². The van der Waals surface area contributed by atoms with E-state index in [1.807, 2.05) is 0 Å². The van der Waals surface area contributed by atoms with Gasteiger partial charge in [-0.1, -0.05) is 74.4 Å². The first kappa shape index (κ1) is 17.2. The topological polar surface area (TPSA) is 20.2 Å². The van der Waals surface area contributed by atoms with Crippen molar-refractivity contribution in [3.63, 3.8) is 0 Å². The summed E-state index contributed by atoms with van der Waals surface area (Å²) in [5.41, 5.74) is 3.29. The second-order valence-electron chi connectivity index (χ2n) is 7.37. The Morgan fingerprint density at radius 3 is 2.21 bits per heavy atom. The highest BCUT2D eigenvalue weighted by atomic mass is 16.3. The van der Waals surface area contributed by atoms with E-state index in [1.165, 1.54) is 30.4 Å². The van der Waals surface area contributed by atoms with Crippen molar-refractivity contribution in [3.05, 3.63) is 71.3 Å². The third-order valence-electron chi connectivity index (χ3n) is 5.64. The summed E-state index contributed by atoms with van der Waals surface area (Å²) < 4.78 is 0. The normalized spacial score (nSPS) is 24.0. The Morgan fingerprint density at radius 1 is 0.917 bits per heavy atom. The Balaban J connectivity index is 1.61. The largest absolute Gasteiger partial charge is 0.385 e. The molecule has 1 fully saturated rings. The van der Waals surface area contributed by atoms with Gasteiger partial charge in [0.05, 0.1) is 5.60 Å². The van der Waals surface area contributed by atoms with Crippen LogP contribution in [0.2, 0.25) is 0 Å². The Hall–Kier alpha value is -1.60. The standard InChI is InChI=1S/C23H30O/c1-2-3-5-8-19-11-13-22(14-12-19)23(24)17-15-21(16-18-23)20-9-6-4-7-10-20/h4,6-7,9-14,21,24H,2-3,5,8,15-18H2,1H3. The van der Waals surface area contributed by atoms with E-state index >= 15 is 0 Å². The summed E-state index contributed by atoms with van der Waals surface area (Å²) in [6.45, 7) is 2.24. The number of rotatable bonds is 6. The Kier molecular flexibility index (Phi) is 5.73. The summed E-state index contributed by atoms with van der Waals surface area (Å²) >= 11 is 0. The molecule has 128 valence electrons. The summed E-state index contributed by atoms with van der Waals surface area (Å²) in [6, 6.07) is 19.5. The third kappa shape index (κ3) is 4.08. The highest BCUT2D eigenvalue weighted by molar-refractivity contribution is 5.29. The molecule has 0 aromatic heterocycles. The molecule has 1 heteroatoms. The van der Waals surface area contributed by atoms with Crippen LogP contribution in [0.1, 0.15) is 74.5 Å². The maximum absolute atomic E-state index is 11.1. The van der Waals surface area contributed by atoms with Crippen molar-refractivity contribution in [1.29, 1.82) is 0 Å². The quantitative estimate of drug-likeness (QED) is 0.650. The van der Waals surface area contributed by atoms with E-state index in [4.69, 9.17) is 0 Å². The molecule has 1 nitrogen and oxygen atoms in total. The highest BCUT2D eigenvalue weighted by Gasteiger charge is 2.35. The first-order valence-electron chi connectivity index (χ1n) is 9.58. The Labute approximate surface area is 146 Å². The molecule has 0 amide bonds. The van der Waals surface area contributed by atoms with Crippen LogP contribution in [-0.4, -0.2) is 5.11 Å². The number of benzene rings is 2. The van der Waals surface area contributed by atoms with Crippen molar-refractivity contribution in [3.8, 4) is 0 Å². The van der Waals surface area contributed by atoms with Gasteiger partial charge in [-0.15, -0.1) is 0 Å². The summed E-state index contributed by atoms with van der Waals surface area (Å²) in [5.74, 6) is 0.597. The number of unbranched alkanes of at least 4 members (excludes halogenated alkanes) is 2. The van der Waals surface area contributed by atoms with Gasteiger partial charge < -0.3 is 5.11 Å². The molecule has 0 bridgehead atoms. The minimum Gasteiger partial charge on any atom is -0.385 e. The van der Waals surface area contributed by atoms with Crippen molar-refractivity contribution in [2.75, 3.05) is 0 Å². The van der Waals surface area contributed by atoms with Crippen molar-refractivity contribution >= 4 is 0 Å². The van der Waals surface area contributed by atoms with Crippen LogP contribution in [0.3, 0.4) is 0 Å². The molecule has 1 N–H and O–H groups in total. The van der Waals surface area contributed by atoms with Gasteiger partial charge in [0.25, 0.3) is 0 Å². The average Bonchev–Trinajstić information content (AvgIpc) is 2.64. The lowest BCUT2D eigenvalue weighted by Gasteiger charge is -2.36. The molecule has 0 saturated heterocycles. The maximum atomic E-state index is 11.1. The van der Waals surface area contributed by atoms with Gasteiger partial charge in [-0.05, 0) is 61.1 Å². The molecule has 24 heavy (non-hydrogen) atoms. The first-order valence-corrected chi connectivity index (χ1v) is 9.58. The fraction of sp³-hybridized carbons (Fsp3) is 0.478. The Morgan fingerprint density at radius 2 is 1.58 bits per heavy atom. The van der Waals surface area contributed by atoms with E-state index in [2.05, 4.69) is 61.5 Å². The van der Waals surface area contributed by atoms with E-state index in [0.29, 0.717) is 5.92 Å². The van der Waals surface area contributed by atoms with Gasteiger partial charge in [-0.2, -0.15) is 0 Å². The summed E-state index contributed by atoms with van der Waals surface area (Å²) in [4.78, 5) is 0. The predicted molar refractivity (Wildman–Crippen MR) is 101 cm³/mol. The SMILES string of the molecule is CCCCCc1ccc(C2(O)CCC(c3ccccc3)CC2)cc1. The summed E-state index contributed by atoms with van der Waals surface area (Å²) in [6.07, 6.45) is 8.84. The van der Waals surface area contributed by atoms with E-state index in [1.54, 1.807) is 0 Å². The molecule has 2 aromatic rings. The monoisotopic (exact) mass is 322 g/mol. The van der Waals surface area contributed by atoms with Crippen LogP contribution in [0.15, 0.2) is 54.6 Å². The molecule has 0 spiro atoms. The van der Waals surface area contributed by atoms with Crippen LogP contribution >= 0.6 is 0 Å². The smallest absolute Gasteiger partial charge is 0.0897 e. The van der Waals surface area contributed by atoms with Gasteiger partial charge in [-0.3, -0.25) is 0 Å². The molecule has 2 aromatic carbocycles. The van der Waals surface area contributed by atoms with Crippen molar-refractivity contribution in [1.82, 2.24) is 0 Å². The number of aliphatic hydroxyl groups is 1. The predicted octanol–water partition coefficient (Wildman–Crippen LogP) is 5.96. The number of hydrogen-bond donors (Lipinski definition) is 1. The van der Waals surface area contributed by atoms with E-state index in [0.717, 1.165) is 37.7 Å². The van der Waals surface area contributed by atoms with Gasteiger partial charge in [0, 0.05) is 0 Å². The van der Waals surface area contributed by atoms with Gasteiger partial charge in [-0.25, -0.2) is 0 Å². The zero-order chi connectivity index (χ0) is 16.8. The van der Waals surface area contributed by atoms with Crippen molar-refractivity contribution in [2.45, 2.75) is 69.8 Å². The fourth-order valence-corrected chi connectivity index (χ4v) is 4.00. The first-order chi connectivity index (χ1) is 11.7. The molecule has 1 aliphatic rings. The lowest BCUT2D eigenvalue weighted by molar-refractivity contribution is -0.00567. The zero-order valence-corrected chi connectivity index (χ0v) is 14.9. The second kappa shape index (κ2) is 7.98. The molecule has 0 heterocycles. The van der Waals surface area contributed by atoms with Crippen LogP contribution in [0.5, 0.6) is 0 Å². The molecule has 0 radical (unpaired) electrons. The van der Waals surface area contributed by atoms with Gasteiger partial charge >= 0.3 is 0 Å². The minimum absolute atomic E-state index is 0.597. The van der Waals surface area contributed by atoms with Crippen LogP contribution in [-0.2, 0) is 12.0 Å². The molecule has 1 aliphatic carbocycles. The van der Waals surface area contributed by atoms with Crippen LogP contribution < -0.4 is 0 Å². The lowest BCUT2D eigenvalue weighted by Crippen LogP contribution is -2.30. The molecular formula is C23H30O. The molecular weight excluding hydrogens is 292 g/mol. The Bertz CT molecular complexity index is 606. The summed E-state index contributed by atoms with van der Waals surface area (Å²) in [5, 5.41) is 11.1. The number of aryl methyl sites for hydroxylation is 1. The third-order valence-corrected chi connectivity index (χ3v) is 5.64. The van der Waals surface area contributed by atoms with E-state index < -0.39 is 5.60 Å². The maximum Gasteiger partial charge on any atom is 0.0897 e. The molecule has 0 atom stereocenters. The highest BCUT2D eigenvalue weighted by Crippen LogP contribution is 2.43. The minimum atomic E-state index is -0.632. The fourth-order valence-electron chi connectivity index (χ4n) is 4.00. The zero-order valence-electron chi connectivity index (χ0n) is 14.9. The van der Waals surface area contributed by atoms with Crippen LogP contribution in [0.4, 0.5) is 0 Å². The molecule has 0 unspecified atom stereocenters. The van der Waals surface area contributed by atoms with Crippen molar-refractivity contribution < 1.29 is 5.11 Å². The van der Waals surface area contributed by atoms with E-state index in [-0.39, 0.29) is 0 Å². The van der Waals surface area contributed by atoms with Gasteiger partial charge in [0.15, 0.2) is 0 Å². The second-order valence-corrected chi connectivity index (χ2v) is 7.37. The summed E-state index contributed by atoms with van der Waals surface area (Å²) in [7, 11) is 0. The van der Waals surface area contributed by atoms with Crippen LogP contribution in [0, 0.1) is 0 Å². The molecule has 3 rings (SSSR count). The molecule has 1 saturated carbocycles. The average molecular weight is 322 g/mol. The van der Waals surface area contributed by atoms with E-state index in [9.17, 15) is 5.11 Å². The van der Waals surface area contributed by atoms with Crippen molar-refractivity contribution in [2.24, 2.45) is 0 Å². The number of hydrogen-bond acceptors (Lipinski definition) is 1. The van der Waals surface area contributed by atoms with Gasteiger partial charge in [0.1, 0.15) is 0 Å². The lowest BCUT2D eigenvalue weighted by atomic mass is 9.73. The van der Waals surface area contributed by atoms with Crippen LogP contribution in [0.25, 0.3) is 0 Å².